The first kappa shape index (κ1) is 41.1. The van der Waals surface area contributed by atoms with Crippen molar-refractivity contribution in [1.29, 1.82) is 0 Å². The number of nitrogens with zero attached hydrogens (tertiary/aromatic N) is 1. The highest BCUT2D eigenvalue weighted by molar-refractivity contribution is 5.59. The van der Waals surface area contributed by atoms with Gasteiger partial charge in [-0.05, 0) is 74.3 Å². The van der Waals surface area contributed by atoms with Crippen LogP contribution in [0, 0.1) is 17.2 Å². The maximum Gasteiger partial charge on any atom is 0.152 e. The number of halogens is 1. The van der Waals surface area contributed by atoms with Gasteiger partial charge in [0.1, 0.15) is 24.1 Å². The standard InChI is InChI=1S/C32H48FN3O.C3H8.C2H6.CH2O/c1-8-12-15-29(32(5,6)7)37-28(14-10-3)24-17-16-23(20-24)27-21-30(36-35-27)34-26-19-18-22(13-9-2)25(11-4)31(26)33;1-3-2;2*1-2/h14-15,18-19,21,23-24H,8-13,16-17,20H2,1-7H3,(H2,34,35,36);3H2,1-2H3;1-2H3;1H2/b28-14+,29-15+;;;. The van der Waals surface area contributed by atoms with Gasteiger partial charge in [-0.25, -0.2) is 4.39 Å². The average Bonchev–Trinajstić information content (AvgIpc) is 3.69. The maximum absolute atomic E-state index is 15.2. The molecule has 1 heterocycles. The normalized spacial score (nSPS) is 16.5. The molecule has 1 aromatic heterocycles. The Kier molecular flexibility index (Phi) is 21.1. The van der Waals surface area contributed by atoms with Gasteiger partial charge >= 0.3 is 0 Å². The van der Waals surface area contributed by atoms with E-state index in [1.807, 2.05) is 45.8 Å². The topological polar surface area (TPSA) is 67.0 Å². The number of nitrogens with one attached hydrogen (secondary N) is 2. The Morgan fingerprint density at radius 1 is 1.07 bits per heavy atom. The van der Waals surface area contributed by atoms with E-state index in [4.69, 9.17) is 9.53 Å². The lowest BCUT2D eigenvalue weighted by Gasteiger charge is -2.27. The average molecular weight is 614 g/mol. The number of unbranched alkanes of at least 4 members (excludes halogenated alkanes) is 1. The molecule has 0 bridgehead atoms. The Morgan fingerprint density at radius 2 is 1.73 bits per heavy atom. The molecule has 2 unspecified atom stereocenters. The predicted octanol–water partition coefficient (Wildman–Crippen LogP) is 12.0. The maximum atomic E-state index is 15.2. The fourth-order valence-electron chi connectivity index (χ4n) is 5.31. The number of hydrogen-bond acceptors (Lipinski definition) is 4. The Hall–Kier alpha value is -2.89. The molecule has 2 aromatic rings. The quantitative estimate of drug-likeness (QED) is 0.234. The zero-order valence-corrected chi connectivity index (χ0v) is 30.0. The summed E-state index contributed by atoms with van der Waals surface area (Å²) in [5, 5.41) is 10.9. The lowest BCUT2D eigenvalue weighted by atomic mass is 9.92. The number of aromatic amines is 1. The molecule has 2 atom stereocenters. The highest BCUT2D eigenvalue weighted by Gasteiger charge is 2.32. The number of H-pyrrole nitrogens is 1. The minimum Gasteiger partial charge on any atom is -0.466 e. The van der Waals surface area contributed by atoms with Crippen LogP contribution < -0.4 is 5.32 Å². The smallest absolute Gasteiger partial charge is 0.152 e. The number of aryl methyl sites for hydroxylation is 1. The van der Waals surface area contributed by atoms with Crippen LogP contribution in [-0.2, 0) is 22.4 Å². The summed E-state index contributed by atoms with van der Waals surface area (Å²) in [5.41, 5.74) is 3.49. The summed E-state index contributed by atoms with van der Waals surface area (Å²) in [6.45, 7) is 25.4. The Morgan fingerprint density at radius 3 is 2.27 bits per heavy atom. The van der Waals surface area contributed by atoms with Gasteiger partial charge in [-0.15, -0.1) is 0 Å². The summed E-state index contributed by atoms with van der Waals surface area (Å²) in [6.07, 6.45) is 14.7. The lowest BCUT2D eigenvalue weighted by molar-refractivity contribution is -0.0980. The van der Waals surface area contributed by atoms with Crippen LogP contribution in [0.1, 0.15) is 150 Å². The third-order valence-electron chi connectivity index (χ3n) is 7.34. The van der Waals surface area contributed by atoms with Crippen molar-refractivity contribution in [2.45, 2.75) is 146 Å². The van der Waals surface area contributed by atoms with Gasteiger partial charge in [-0.1, -0.05) is 101 Å². The van der Waals surface area contributed by atoms with E-state index in [-0.39, 0.29) is 11.2 Å². The van der Waals surface area contributed by atoms with Crippen molar-refractivity contribution in [2.24, 2.45) is 11.3 Å². The predicted molar refractivity (Wildman–Crippen MR) is 188 cm³/mol. The molecule has 3 rings (SSSR count). The minimum absolute atomic E-state index is 0.0222. The van der Waals surface area contributed by atoms with Crippen LogP contribution in [0.2, 0.25) is 0 Å². The molecule has 2 N–H and O–H groups in total. The summed E-state index contributed by atoms with van der Waals surface area (Å²) < 4.78 is 21.8. The first-order chi connectivity index (χ1) is 21.1. The van der Waals surface area contributed by atoms with Crippen molar-refractivity contribution >= 4 is 18.3 Å². The van der Waals surface area contributed by atoms with Gasteiger partial charge in [0.2, 0.25) is 0 Å². The van der Waals surface area contributed by atoms with Crippen LogP contribution in [0.25, 0.3) is 0 Å². The van der Waals surface area contributed by atoms with Crippen molar-refractivity contribution < 1.29 is 13.9 Å². The molecule has 6 heteroatoms. The van der Waals surface area contributed by atoms with Crippen LogP contribution >= 0.6 is 0 Å². The van der Waals surface area contributed by atoms with Gasteiger partial charge < -0.3 is 14.8 Å². The molecule has 0 spiro atoms. The van der Waals surface area contributed by atoms with E-state index in [1.165, 1.54) is 6.42 Å². The second kappa shape index (κ2) is 22.6. The van der Waals surface area contributed by atoms with Crippen LogP contribution in [0.5, 0.6) is 0 Å². The molecule has 1 aromatic carbocycles. The molecule has 5 nitrogen and oxygen atoms in total. The molecule has 1 aliphatic carbocycles. The molecular formula is C38H64FN3O2. The van der Waals surface area contributed by atoms with Crippen molar-refractivity contribution in [1.82, 2.24) is 10.2 Å². The molecule has 44 heavy (non-hydrogen) atoms. The summed E-state index contributed by atoms with van der Waals surface area (Å²) in [6, 6.07) is 5.94. The summed E-state index contributed by atoms with van der Waals surface area (Å²) >= 11 is 0. The fraction of sp³-hybridized carbons (Fsp3) is 0.632. The Labute approximate surface area is 269 Å². The van der Waals surface area contributed by atoms with Crippen LogP contribution in [0.15, 0.2) is 41.9 Å². The highest BCUT2D eigenvalue weighted by atomic mass is 19.1. The van der Waals surface area contributed by atoms with Crippen molar-refractivity contribution in [3.63, 3.8) is 0 Å². The Bertz CT molecular complexity index is 1110. The van der Waals surface area contributed by atoms with Crippen LogP contribution in [-0.4, -0.2) is 17.0 Å². The van der Waals surface area contributed by atoms with Gasteiger partial charge in [0.15, 0.2) is 5.82 Å². The summed E-state index contributed by atoms with van der Waals surface area (Å²) in [7, 11) is 0. The highest BCUT2D eigenvalue weighted by Crippen LogP contribution is 2.43. The SMILES string of the molecule is C=O.CC.CC/C=C(/O/C(=C/CCC)C(C)(C)C)C1CCC(c2cc(Nc3ccc(CCC)c(CC)c3F)n[nH]2)C1.CCC. The number of hydrogen-bond donors (Lipinski definition) is 2. The number of anilines is 2. The van der Waals surface area contributed by atoms with E-state index in [0.29, 0.717) is 29.8 Å². The monoisotopic (exact) mass is 613 g/mol. The zero-order chi connectivity index (χ0) is 33.7. The molecule has 0 amide bonds. The number of carbonyl (C=O) groups excluding carboxylic acids is 1. The first-order valence-corrected chi connectivity index (χ1v) is 17.1. The largest absolute Gasteiger partial charge is 0.466 e. The van der Waals surface area contributed by atoms with Crippen molar-refractivity contribution in [3.8, 4) is 0 Å². The fourth-order valence-corrected chi connectivity index (χ4v) is 5.31. The summed E-state index contributed by atoms with van der Waals surface area (Å²) in [5.74, 6) is 3.48. The number of benzene rings is 1. The number of ether oxygens (including phenoxy) is 1. The molecule has 1 fully saturated rings. The third-order valence-corrected chi connectivity index (χ3v) is 7.34. The number of rotatable bonds is 12. The van der Waals surface area contributed by atoms with E-state index >= 15 is 4.39 Å². The van der Waals surface area contributed by atoms with Gasteiger partial charge in [-0.3, -0.25) is 5.10 Å². The second-order valence-corrected chi connectivity index (χ2v) is 12.1. The molecule has 250 valence electrons. The van der Waals surface area contributed by atoms with E-state index in [1.54, 1.807) is 0 Å². The summed E-state index contributed by atoms with van der Waals surface area (Å²) in [4.78, 5) is 8.00. The number of aromatic nitrogens is 2. The molecule has 1 aliphatic rings. The second-order valence-electron chi connectivity index (χ2n) is 12.1. The van der Waals surface area contributed by atoms with Crippen LogP contribution in [0.4, 0.5) is 15.9 Å². The molecular weight excluding hydrogens is 549 g/mol. The van der Waals surface area contributed by atoms with Gasteiger partial charge in [-0.2, -0.15) is 5.10 Å². The van der Waals surface area contributed by atoms with E-state index in [9.17, 15) is 0 Å². The molecule has 1 saturated carbocycles. The van der Waals surface area contributed by atoms with Gasteiger partial charge in [0, 0.05) is 29.0 Å². The van der Waals surface area contributed by atoms with Gasteiger partial charge in [0.25, 0.3) is 0 Å². The van der Waals surface area contributed by atoms with Crippen LogP contribution in [0.3, 0.4) is 0 Å². The van der Waals surface area contributed by atoms with E-state index < -0.39 is 0 Å². The van der Waals surface area contributed by atoms with Crippen molar-refractivity contribution in [3.05, 3.63) is 64.5 Å². The zero-order valence-electron chi connectivity index (χ0n) is 30.0. The Balaban J connectivity index is 0.00000244. The molecule has 0 aliphatic heterocycles. The van der Waals surface area contributed by atoms with E-state index in [2.05, 4.69) is 83.1 Å². The lowest BCUT2D eigenvalue weighted by Crippen LogP contribution is -2.15. The number of carbonyl (C=O) groups is 1. The van der Waals surface area contributed by atoms with Crippen molar-refractivity contribution in [2.75, 3.05) is 5.32 Å². The van der Waals surface area contributed by atoms with Gasteiger partial charge in [0.05, 0.1) is 5.69 Å². The minimum atomic E-state index is -0.156. The number of allylic oxidation sites excluding steroid dienone is 4. The van der Waals surface area contributed by atoms with E-state index in [0.717, 1.165) is 79.7 Å². The molecule has 0 radical (unpaired) electrons. The molecule has 0 saturated heterocycles. The first-order valence-electron chi connectivity index (χ1n) is 17.1. The third kappa shape index (κ3) is 13.0.